The molecule has 0 unspecified atom stereocenters. The van der Waals surface area contributed by atoms with Crippen molar-refractivity contribution in [2.24, 2.45) is 4.99 Å². The van der Waals surface area contributed by atoms with Crippen molar-refractivity contribution in [3.05, 3.63) is 28.2 Å². The van der Waals surface area contributed by atoms with Crippen LogP contribution in [0.1, 0.15) is 0 Å². The highest BCUT2D eigenvalue weighted by Gasteiger charge is 2.11. The van der Waals surface area contributed by atoms with E-state index in [-0.39, 0.29) is 0 Å². The van der Waals surface area contributed by atoms with Crippen LogP contribution in [0.4, 0.5) is 5.95 Å². The number of thioether (sulfide) groups is 1. The lowest BCUT2D eigenvalue weighted by molar-refractivity contribution is 0.642. The van der Waals surface area contributed by atoms with Crippen LogP contribution >= 0.6 is 35.0 Å². The first kappa shape index (κ1) is 15.2. The summed E-state index contributed by atoms with van der Waals surface area (Å²) in [6.45, 7) is 0. The molecule has 0 spiro atoms. The van der Waals surface area contributed by atoms with Gasteiger partial charge in [0.25, 0.3) is 5.95 Å². The molecule has 106 valence electrons. The summed E-state index contributed by atoms with van der Waals surface area (Å²) in [4.78, 5) is 10.5. The van der Waals surface area contributed by atoms with Gasteiger partial charge in [0.15, 0.2) is 0 Å². The highest BCUT2D eigenvalue weighted by atomic mass is 35.5. The zero-order valence-corrected chi connectivity index (χ0v) is 13.5. The van der Waals surface area contributed by atoms with Gasteiger partial charge in [0.05, 0.1) is 12.0 Å². The molecule has 5 nitrogen and oxygen atoms in total. The summed E-state index contributed by atoms with van der Waals surface area (Å²) in [7, 11) is 3.77. The van der Waals surface area contributed by atoms with Crippen molar-refractivity contribution in [3.63, 3.8) is 0 Å². The molecule has 20 heavy (non-hydrogen) atoms. The zero-order chi connectivity index (χ0) is 14.7. The molecule has 0 saturated heterocycles. The first-order chi connectivity index (χ1) is 9.49. The normalized spacial score (nSPS) is 11.2. The van der Waals surface area contributed by atoms with E-state index >= 15 is 0 Å². The molecule has 0 amide bonds. The number of aliphatic imine (C=N–C) groups is 1. The summed E-state index contributed by atoms with van der Waals surface area (Å²) >= 11 is 13.5. The summed E-state index contributed by atoms with van der Waals surface area (Å²) in [5.41, 5.74) is 0.723. The quantitative estimate of drug-likeness (QED) is 0.489. The fourth-order valence-corrected chi connectivity index (χ4v) is 2.31. The highest BCUT2D eigenvalue weighted by molar-refractivity contribution is 7.98. The van der Waals surface area contributed by atoms with Gasteiger partial charge in [0.1, 0.15) is 0 Å². The molecule has 0 bridgehead atoms. The van der Waals surface area contributed by atoms with E-state index in [1.165, 1.54) is 11.8 Å². The van der Waals surface area contributed by atoms with E-state index in [1.807, 2.05) is 25.3 Å². The minimum atomic E-state index is 0.474. The predicted molar refractivity (Wildman–Crippen MR) is 85.0 cm³/mol. The standard InChI is InChI=1S/C12H13Cl2N5S/c1-18(2)7-15-11-16-12(20-3)17-19(11)10-5-8(13)4-9(14)6-10/h4-7H,1-3H3. The van der Waals surface area contributed by atoms with Crippen LogP contribution in [0.2, 0.25) is 10.0 Å². The molecule has 1 aromatic carbocycles. The van der Waals surface area contributed by atoms with Crippen molar-refractivity contribution in [2.45, 2.75) is 5.16 Å². The third kappa shape index (κ3) is 3.65. The molecule has 2 aromatic rings. The number of halogens is 2. The Morgan fingerprint density at radius 2 is 1.90 bits per heavy atom. The lowest BCUT2D eigenvalue weighted by atomic mass is 10.3. The lowest BCUT2D eigenvalue weighted by Crippen LogP contribution is -2.07. The molecule has 1 heterocycles. The molecule has 2 rings (SSSR count). The van der Waals surface area contributed by atoms with Crippen LogP contribution in [0.5, 0.6) is 0 Å². The van der Waals surface area contributed by atoms with Gasteiger partial charge in [-0.1, -0.05) is 35.0 Å². The molecule has 0 N–H and O–H groups in total. The molecule has 0 saturated carbocycles. The maximum Gasteiger partial charge on any atom is 0.255 e. The van der Waals surface area contributed by atoms with Crippen LogP contribution in [0.25, 0.3) is 5.69 Å². The van der Waals surface area contributed by atoms with E-state index < -0.39 is 0 Å². The third-order valence-corrected chi connectivity index (χ3v) is 3.22. The Morgan fingerprint density at radius 1 is 1.25 bits per heavy atom. The average Bonchev–Trinajstić information content (AvgIpc) is 2.78. The SMILES string of the molecule is CSc1nc(N=CN(C)C)n(-c2cc(Cl)cc(Cl)c2)n1. The number of rotatable bonds is 4. The van der Waals surface area contributed by atoms with Gasteiger partial charge in [-0.2, -0.15) is 9.67 Å². The number of nitrogens with zero attached hydrogens (tertiary/aromatic N) is 5. The van der Waals surface area contributed by atoms with Crippen molar-refractivity contribution >= 4 is 47.3 Å². The molecular formula is C12H13Cl2N5S. The highest BCUT2D eigenvalue weighted by Crippen LogP contribution is 2.25. The van der Waals surface area contributed by atoms with Crippen molar-refractivity contribution in [1.82, 2.24) is 19.7 Å². The van der Waals surface area contributed by atoms with Crippen LogP contribution < -0.4 is 0 Å². The van der Waals surface area contributed by atoms with Gasteiger partial charge in [-0.3, -0.25) is 0 Å². The van der Waals surface area contributed by atoms with Gasteiger partial charge in [-0.25, -0.2) is 4.99 Å². The van der Waals surface area contributed by atoms with Gasteiger partial charge in [-0.15, -0.1) is 5.10 Å². The average molecular weight is 330 g/mol. The largest absolute Gasteiger partial charge is 0.369 e. The molecule has 0 radical (unpaired) electrons. The third-order valence-electron chi connectivity index (χ3n) is 2.25. The minimum absolute atomic E-state index is 0.474. The Morgan fingerprint density at radius 3 is 2.45 bits per heavy atom. The van der Waals surface area contributed by atoms with E-state index in [0.29, 0.717) is 21.2 Å². The van der Waals surface area contributed by atoms with Crippen molar-refractivity contribution in [2.75, 3.05) is 20.4 Å². The maximum atomic E-state index is 6.02. The molecule has 0 aliphatic rings. The fourth-order valence-electron chi connectivity index (χ4n) is 1.46. The second-order valence-corrected chi connectivity index (χ2v) is 5.79. The first-order valence-corrected chi connectivity index (χ1v) is 7.66. The van der Waals surface area contributed by atoms with Crippen LogP contribution in [0, 0.1) is 0 Å². The van der Waals surface area contributed by atoms with Crippen molar-refractivity contribution in [1.29, 1.82) is 0 Å². The van der Waals surface area contributed by atoms with Gasteiger partial charge in [0, 0.05) is 24.1 Å². The van der Waals surface area contributed by atoms with E-state index in [1.54, 1.807) is 29.2 Å². The minimum Gasteiger partial charge on any atom is -0.369 e. The molecule has 1 aromatic heterocycles. The van der Waals surface area contributed by atoms with Gasteiger partial charge in [0.2, 0.25) is 5.16 Å². The summed E-state index contributed by atoms with van der Waals surface area (Å²) < 4.78 is 1.61. The summed E-state index contributed by atoms with van der Waals surface area (Å²) in [5.74, 6) is 0.474. The molecule has 0 aliphatic heterocycles. The van der Waals surface area contributed by atoms with Crippen LogP contribution in [0.3, 0.4) is 0 Å². The second kappa shape index (κ2) is 6.47. The summed E-state index contributed by atoms with van der Waals surface area (Å²) in [5, 5.41) is 6.09. The Balaban J connectivity index is 2.51. The van der Waals surface area contributed by atoms with Gasteiger partial charge < -0.3 is 4.90 Å². The van der Waals surface area contributed by atoms with Crippen LogP contribution in [-0.2, 0) is 0 Å². The lowest BCUT2D eigenvalue weighted by Gasteiger charge is -2.05. The molecule has 8 heteroatoms. The number of aromatic nitrogens is 3. The smallest absolute Gasteiger partial charge is 0.255 e. The Labute approximate surface area is 131 Å². The Kier molecular flexibility index (Phi) is 4.91. The number of hydrogen-bond donors (Lipinski definition) is 0. The molecule has 0 aliphatic carbocycles. The topological polar surface area (TPSA) is 46.3 Å². The summed E-state index contributed by atoms with van der Waals surface area (Å²) in [6, 6.07) is 5.20. The van der Waals surface area contributed by atoms with Gasteiger partial charge in [-0.05, 0) is 24.5 Å². The van der Waals surface area contributed by atoms with E-state index in [4.69, 9.17) is 23.2 Å². The Bertz CT molecular complexity index is 619. The predicted octanol–water partition coefficient (Wildman–Crippen LogP) is 3.52. The number of benzene rings is 1. The number of hydrogen-bond acceptors (Lipinski definition) is 4. The monoisotopic (exact) mass is 329 g/mol. The van der Waals surface area contributed by atoms with Crippen molar-refractivity contribution in [3.8, 4) is 5.69 Å². The zero-order valence-electron chi connectivity index (χ0n) is 11.2. The van der Waals surface area contributed by atoms with E-state index in [9.17, 15) is 0 Å². The maximum absolute atomic E-state index is 6.02. The summed E-state index contributed by atoms with van der Waals surface area (Å²) in [6.07, 6.45) is 3.57. The molecule has 0 atom stereocenters. The Hall–Kier alpha value is -1.24. The van der Waals surface area contributed by atoms with Crippen LogP contribution in [0.15, 0.2) is 28.3 Å². The second-order valence-electron chi connectivity index (χ2n) is 4.15. The van der Waals surface area contributed by atoms with E-state index in [0.717, 1.165) is 5.69 Å². The van der Waals surface area contributed by atoms with Crippen molar-refractivity contribution < 1.29 is 0 Å². The first-order valence-electron chi connectivity index (χ1n) is 5.67. The molecular weight excluding hydrogens is 317 g/mol. The fraction of sp³-hybridized carbons (Fsp3) is 0.250. The van der Waals surface area contributed by atoms with Crippen LogP contribution in [-0.4, -0.2) is 46.4 Å². The molecule has 0 fully saturated rings. The van der Waals surface area contributed by atoms with E-state index in [2.05, 4.69) is 15.1 Å². The van der Waals surface area contributed by atoms with Gasteiger partial charge >= 0.3 is 0 Å².